The van der Waals surface area contributed by atoms with Crippen LogP contribution in [0, 0.1) is 11.3 Å². The summed E-state index contributed by atoms with van der Waals surface area (Å²) in [5.41, 5.74) is 0.609. The molecule has 0 bridgehead atoms. The first-order chi connectivity index (χ1) is 8.20. The molecule has 0 aromatic rings. The maximum atomic E-state index is 3.56. The van der Waals surface area contributed by atoms with Gasteiger partial charge in [-0.2, -0.15) is 0 Å². The number of piperidine rings is 1. The highest BCUT2D eigenvalue weighted by molar-refractivity contribution is 4.80. The maximum Gasteiger partial charge on any atom is -0.00203 e. The molecule has 0 aromatic carbocycles. The van der Waals surface area contributed by atoms with Crippen molar-refractivity contribution < 1.29 is 0 Å². The molecule has 1 saturated heterocycles. The second kappa shape index (κ2) is 8.13. The molecular formula is C16H33N. The first-order valence-electron chi connectivity index (χ1n) is 7.91. The SMILES string of the molecule is CCCCCCC(C)(CC)CC1CCCNC1. The predicted octanol–water partition coefficient (Wildman–Crippen LogP) is 4.76. The normalized spacial score (nSPS) is 24.5. The zero-order valence-electron chi connectivity index (χ0n) is 12.4. The Morgan fingerprint density at radius 1 is 1.18 bits per heavy atom. The van der Waals surface area contributed by atoms with Crippen LogP contribution in [0.25, 0.3) is 0 Å². The van der Waals surface area contributed by atoms with Crippen LogP contribution < -0.4 is 5.32 Å². The van der Waals surface area contributed by atoms with E-state index in [1.54, 1.807) is 0 Å². The molecule has 2 atom stereocenters. The molecule has 1 rings (SSSR count). The van der Waals surface area contributed by atoms with Gasteiger partial charge in [0.05, 0.1) is 0 Å². The van der Waals surface area contributed by atoms with Crippen LogP contribution in [-0.2, 0) is 0 Å². The fourth-order valence-electron chi connectivity index (χ4n) is 3.20. The van der Waals surface area contributed by atoms with Crippen LogP contribution in [0.5, 0.6) is 0 Å². The minimum Gasteiger partial charge on any atom is -0.316 e. The zero-order valence-corrected chi connectivity index (χ0v) is 12.4. The molecule has 0 radical (unpaired) electrons. The lowest BCUT2D eigenvalue weighted by Crippen LogP contribution is -2.33. The van der Waals surface area contributed by atoms with E-state index in [-0.39, 0.29) is 0 Å². The van der Waals surface area contributed by atoms with Crippen molar-refractivity contribution in [3.8, 4) is 0 Å². The Kier molecular flexibility index (Phi) is 7.18. The number of hydrogen-bond donors (Lipinski definition) is 1. The van der Waals surface area contributed by atoms with E-state index >= 15 is 0 Å². The van der Waals surface area contributed by atoms with Gasteiger partial charge in [0.2, 0.25) is 0 Å². The molecule has 0 aliphatic carbocycles. The standard InChI is InChI=1S/C16H33N/c1-4-6-7-8-11-16(3,5-2)13-15-10-9-12-17-14-15/h15,17H,4-14H2,1-3H3. The van der Waals surface area contributed by atoms with E-state index in [1.807, 2.05) is 0 Å². The monoisotopic (exact) mass is 239 g/mol. The first kappa shape index (κ1) is 15.0. The molecule has 2 unspecified atom stereocenters. The van der Waals surface area contributed by atoms with Gasteiger partial charge in [-0.3, -0.25) is 0 Å². The second-order valence-electron chi connectivity index (χ2n) is 6.39. The molecule has 102 valence electrons. The average Bonchev–Trinajstić information content (AvgIpc) is 2.36. The minimum absolute atomic E-state index is 0.609. The smallest absolute Gasteiger partial charge is 0.00203 e. The van der Waals surface area contributed by atoms with Crippen LogP contribution in [0.2, 0.25) is 0 Å². The molecule has 1 N–H and O–H groups in total. The average molecular weight is 239 g/mol. The van der Waals surface area contributed by atoms with Gasteiger partial charge in [0.15, 0.2) is 0 Å². The Bertz CT molecular complexity index is 184. The highest BCUT2D eigenvalue weighted by Gasteiger charge is 2.26. The van der Waals surface area contributed by atoms with Crippen molar-refractivity contribution in [2.24, 2.45) is 11.3 Å². The van der Waals surface area contributed by atoms with Crippen LogP contribution in [0.15, 0.2) is 0 Å². The van der Waals surface area contributed by atoms with Gasteiger partial charge in [0, 0.05) is 0 Å². The molecular weight excluding hydrogens is 206 g/mol. The molecule has 1 nitrogen and oxygen atoms in total. The Morgan fingerprint density at radius 3 is 2.59 bits per heavy atom. The van der Waals surface area contributed by atoms with Crippen molar-refractivity contribution >= 4 is 0 Å². The molecule has 0 aromatic heterocycles. The number of rotatable bonds is 8. The summed E-state index contributed by atoms with van der Waals surface area (Å²) in [6.07, 6.45) is 12.8. The van der Waals surface area contributed by atoms with E-state index in [4.69, 9.17) is 0 Å². The summed E-state index contributed by atoms with van der Waals surface area (Å²) in [5, 5.41) is 3.56. The molecule has 0 amide bonds. The van der Waals surface area contributed by atoms with Gasteiger partial charge in [-0.15, -0.1) is 0 Å². The molecule has 1 heterocycles. The lowest BCUT2D eigenvalue weighted by molar-refractivity contribution is 0.185. The maximum absolute atomic E-state index is 3.56. The van der Waals surface area contributed by atoms with Crippen molar-refractivity contribution in [3.63, 3.8) is 0 Å². The van der Waals surface area contributed by atoms with E-state index in [1.165, 1.54) is 70.9 Å². The lowest BCUT2D eigenvalue weighted by Gasteiger charge is -2.34. The molecule has 1 aliphatic rings. The molecule has 0 saturated carbocycles. The van der Waals surface area contributed by atoms with Crippen LogP contribution >= 0.6 is 0 Å². The van der Waals surface area contributed by atoms with Gasteiger partial charge in [-0.05, 0) is 50.1 Å². The van der Waals surface area contributed by atoms with Crippen LogP contribution in [0.1, 0.15) is 78.6 Å². The number of hydrogen-bond acceptors (Lipinski definition) is 1. The number of nitrogens with one attached hydrogen (secondary N) is 1. The van der Waals surface area contributed by atoms with Crippen molar-refractivity contribution in [2.45, 2.75) is 78.6 Å². The van der Waals surface area contributed by atoms with Crippen LogP contribution in [-0.4, -0.2) is 13.1 Å². The zero-order chi connectivity index (χ0) is 12.6. The fourth-order valence-corrected chi connectivity index (χ4v) is 3.20. The molecule has 1 fully saturated rings. The van der Waals surface area contributed by atoms with Crippen LogP contribution in [0.3, 0.4) is 0 Å². The van der Waals surface area contributed by atoms with Crippen molar-refractivity contribution in [1.82, 2.24) is 5.32 Å². The fraction of sp³-hybridized carbons (Fsp3) is 1.00. The third-order valence-corrected chi connectivity index (χ3v) is 4.67. The Hall–Kier alpha value is -0.0400. The minimum atomic E-state index is 0.609. The Morgan fingerprint density at radius 2 is 2.00 bits per heavy atom. The third kappa shape index (κ3) is 5.90. The summed E-state index contributed by atoms with van der Waals surface area (Å²) in [6.45, 7) is 9.72. The quantitative estimate of drug-likeness (QED) is 0.602. The van der Waals surface area contributed by atoms with Crippen molar-refractivity contribution in [3.05, 3.63) is 0 Å². The third-order valence-electron chi connectivity index (χ3n) is 4.67. The summed E-state index contributed by atoms with van der Waals surface area (Å²) < 4.78 is 0. The van der Waals surface area contributed by atoms with E-state index < -0.39 is 0 Å². The molecule has 1 heteroatoms. The largest absolute Gasteiger partial charge is 0.316 e. The topological polar surface area (TPSA) is 12.0 Å². The van der Waals surface area contributed by atoms with Gasteiger partial charge in [-0.25, -0.2) is 0 Å². The summed E-state index contributed by atoms with van der Waals surface area (Å²) >= 11 is 0. The van der Waals surface area contributed by atoms with Crippen molar-refractivity contribution in [1.29, 1.82) is 0 Å². The van der Waals surface area contributed by atoms with Crippen molar-refractivity contribution in [2.75, 3.05) is 13.1 Å². The van der Waals surface area contributed by atoms with E-state index in [9.17, 15) is 0 Å². The van der Waals surface area contributed by atoms with E-state index in [2.05, 4.69) is 26.1 Å². The van der Waals surface area contributed by atoms with Gasteiger partial charge >= 0.3 is 0 Å². The summed E-state index contributed by atoms with van der Waals surface area (Å²) in [4.78, 5) is 0. The van der Waals surface area contributed by atoms with Gasteiger partial charge in [-0.1, -0.05) is 52.9 Å². The molecule has 0 spiro atoms. The highest BCUT2D eigenvalue weighted by Crippen LogP contribution is 2.37. The Labute approximate surface area is 109 Å². The molecule has 17 heavy (non-hydrogen) atoms. The Balaban J connectivity index is 2.27. The van der Waals surface area contributed by atoms with Gasteiger partial charge in [0.25, 0.3) is 0 Å². The van der Waals surface area contributed by atoms with E-state index in [0.717, 1.165) is 5.92 Å². The molecule has 1 aliphatic heterocycles. The lowest BCUT2D eigenvalue weighted by atomic mass is 9.73. The number of unbranched alkanes of at least 4 members (excludes halogenated alkanes) is 3. The predicted molar refractivity (Wildman–Crippen MR) is 77.4 cm³/mol. The second-order valence-corrected chi connectivity index (χ2v) is 6.39. The summed E-state index contributed by atoms with van der Waals surface area (Å²) in [7, 11) is 0. The summed E-state index contributed by atoms with van der Waals surface area (Å²) in [6, 6.07) is 0. The summed E-state index contributed by atoms with van der Waals surface area (Å²) in [5.74, 6) is 0.944. The first-order valence-corrected chi connectivity index (χ1v) is 7.91. The van der Waals surface area contributed by atoms with Gasteiger partial charge < -0.3 is 5.32 Å². The van der Waals surface area contributed by atoms with E-state index in [0.29, 0.717) is 5.41 Å². The van der Waals surface area contributed by atoms with Gasteiger partial charge in [0.1, 0.15) is 0 Å². The highest BCUT2D eigenvalue weighted by atomic mass is 14.9. The van der Waals surface area contributed by atoms with Crippen LogP contribution in [0.4, 0.5) is 0 Å².